The van der Waals surface area contributed by atoms with E-state index in [1.54, 1.807) is 11.9 Å². The van der Waals surface area contributed by atoms with Gasteiger partial charge in [-0.3, -0.25) is 24.6 Å². The maximum Gasteiger partial charge on any atom is 0.271 e. The van der Waals surface area contributed by atoms with E-state index in [4.69, 9.17) is 4.74 Å². The Morgan fingerprint density at radius 3 is 3.00 bits per heavy atom. The van der Waals surface area contributed by atoms with Gasteiger partial charge in [-0.15, -0.1) is 0 Å². The number of hydrogen-bond donors (Lipinski definition) is 1. The second-order valence-corrected chi connectivity index (χ2v) is 5.83. The minimum atomic E-state index is -0.546. The molecule has 1 N–H and O–H groups in total. The third-order valence-electron chi connectivity index (χ3n) is 4.37. The number of carbonyl (C=O) groups excluding carboxylic acids is 2. The van der Waals surface area contributed by atoms with Crippen LogP contribution in [0, 0.1) is 10.1 Å². The van der Waals surface area contributed by atoms with Crippen LogP contribution in [0.2, 0.25) is 0 Å². The Morgan fingerprint density at radius 1 is 1.54 bits per heavy atom. The molecule has 2 amide bonds. The molecular formula is C15H18N4O5. The second kappa shape index (κ2) is 6.44. The molecule has 24 heavy (non-hydrogen) atoms. The molecule has 0 bridgehead atoms. The molecule has 9 heteroatoms. The van der Waals surface area contributed by atoms with E-state index in [0.29, 0.717) is 5.75 Å². The standard InChI is InChI=1S/C15H18N4O5/c1-17(11-4-5-16-7-11)14(20)8-18-12-6-10(19(22)23)2-3-13(12)24-9-15(18)21/h2-3,6,11,16H,4-5,7-9H2,1H3. The topological polar surface area (TPSA) is 105 Å². The van der Waals surface area contributed by atoms with Crippen LogP contribution in [0.3, 0.4) is 0 Å². The van der Waals surface area contributed by atoms with E-state index in [2.05, 4.69) is 5.32 Å². The summed E-state index contributed by atoms with van der Waals surface area (Å²) in [6.45, 7) is 1.23. The molecule has 128 valence electrons. The van der Waals surface area contributed by atoms with E-state index in [0.717, 1.165) is 19.5 Å². The first-order chi connectivity index (χ1) is 11.5. The largest absolute Gasteiger partial charge is 0.482 e. The van der Waals surface area contributed by atoms with Crippen molar-refractivity contribution in [2.75, 3.05) is 38.2 Å². The van der Waals surface area contributed by atoms with E-state index in [-0.39, 0.29) is 36.5 Å². The molecule has 0 spiro atoms. The number of benzene rings is 1. The molecule has 0 radical (unpaired) electrons. The summed E-state index contributed by atoms with van der Waals surface area (Å²) in [7, 11) is 1.71. The van der Waals surface area contributed by atoms with Gasteiger partial charge in [0.15, 0.2) is 6.61 Å². The molecule has 2 aliphatic heterocycles. The highest BCUT2D eigenvalue weighted by molar-refractivity contribution is 6.02. The molecule has 2 heterocycles. The summed E-state index contributed by atoms with van der Waals surface area (Å²) in [6, 6.07) is 4.11. The molecule has 3 rings (SSSR count). The normalized spacial score (nSPS) is 19.6. The average molecular weight is 334 g/mol. The fourth-order valence-corrected chi connectivity index (χ4v) is 2.90. The van der Waals surface area contributed by atoms with E-state index < -0.39 is 10.8 Å². The van der Waals surface area contributed by atoms with Gasteiger partial charge in [0, 0.05) is 31.8 Å². The first kappa shape index (κ1) is 16.2. The molecule has 9 nitrogen and oxygen atoms in total. The Hall–Kier alpha value is -2.68. The van der Waals surface area contributed by atoms with Crippen molar-refractivity contribution in [3.8, 4) is 5.75 Å². The van der Waals surface area contributed by atoms with Gasteiger partial charge in [-0.2, -0.15) is 0 Å². The number of nitrogens with one attached hydrogen (secondary N) is 1. The first-order valence-corrected chi connectivity index (χ1v) is 7.65. The monoisotopic (exact) mass is 334 g/mol. The molecule has 0 saturated carbocycles. The number of ether oxygens (including phenoxy) is 1. The van der Waals surface area contributed by atoms with Gasteiger partial charge in [0.05, 0.1) is 10.6 Å². The quantitative estimate of drug-likeness (QED) is 0.620. The number of fused-ring (bicyclic) bond motifs is 1. The van der Waals surface area contributed by atoms with Crippen molar-refractivity contribution in [1.82, 2.24) is 10.2 Å². The summed E-state index contributed by atoms with van der Waals surface area (Å²) in [5, 5.41) is 14.1. The Balaban J connectivity index is 1.82. The minimum absolute atomic E-state index is 0.0956. The predicted octanol–water partition coefficient (Wildman–Crippen LogP) is 0.140. The van der Waals surface area contributed by atoms with Crippen molar-refractivity contribution in [2.24, 2.45) is 0 Å². The number of carbonyl (C=O) groups is 2. The highest BCUT2D eigenvalue weighted by Crippen LogP contribution is 2.35. The molecule has 2 aliphatic rings. The number of amides is 2. The number of likely N-dealkylation sites (N-methyl/N-ethyl adjacent to an activating group) is 1. The van der Waals surface area contributed by atoms with Crippen LogP contribution >= 0.6 is 0 Å². The zero-order chi connectivity index (χ0) is 17.3. The molecule has 1 aromatic carbocycles. The van der Waals surface area contributed by atoms with Crippen LogP contribution in [0.1, 0.15) is 6.42 Å². The molecule has 0 aromatic heterocycles. The number of rotatable bonds is 4. The molecule has 1 fully saturated rings. The van der Waals surface area contributed by atoms with Crippen molar-refractivity contribution in [3.05, 3.63) is 28.3 Å². The van der Waals surface area contributed by atoms with E-state index in [9.17, 15) is 19.7 Å². The molecule has 0 aliphatic carbocycles. The highest BCUT2D eigenvalue weighted by Gasteiger charge is 2.31. The van der Waals surface area contributed by atoms with E-state index in [1.165, 1.54) is 23.1 Å². The zero-order valence-corrected chi connectivity index (χ0v) is 13.2. The molecule has 1 aromatic rings. The SMILES string of the molecule is CN(C(=O)CN1C(=O)COc2ccc([N+](=O)[O-])cc21)C1CCNC1. The van der Waals surface area contributed by atoms with Gasteiger partial charge in [0.1, 0.15) is 12.3 Å². The molecule has 1 saturated heterocycles. The molecule has 1 unspecified atom stereocenters. The summed E-state index contributed by atoms with van der Waals surface area (Å²) >= 11 is 0. The summed E-state index contributed by atoms with van der Waals surface area (Å²) < 4.78 is 5.29. The average Bonchev–Trinajstić information content (AvgIpc) is 3.10. The van der Waals surface area contributed by atoms with Gasteiger partial charge in [0.25, 0.3) is 11.6 Å². The Morgan fingerprint density at radius 2 is 2.33 bits per heavy atom. The van der Waals surface area contributed by atoms with Crippen molar-refractivity contribution in [3.63, 3.8) is 0 Å². The summed E-state index contributed by atoms with van der Waals surface area (Å²) in [6.07, 6.45) is 0.862. The predicted molar refractivity (Wildman–Crippen MR) is 85.0 cm³/mol. The lowest BCUT2D eigenvalue weighted by Gasteiger charge is -2.31. The lowest BCUT2D eigenvalue weighted by Crippen LogP contribution is -2.48. The Labute approximate surface area is 138 Å². The van der Waals surface area contributed by atoms with Gasteiger partial charge in [-0.1, -0.05) is 0 Å². The number of nitrogens with zero attached hydrogens (tertiary/aromatic N) is 3. The van der Waals surface area contributed by atoms with Crippen molar-refractivity contribution in [2.45, 2.75) is 12.5 Å². The van der Waals surface area contributed by atoms with Gasteiger partial charge in [-0.25, -0.2) is 0 Å². The maximum atomic E-state index is 12.5. The maximum absolute atomic E-state index is 12.5. The fraction of sp³-hybridized carbons (Fsp3) is 0.467. The van der Waals surface area contributed by atoms with Gasteiger partial charge >= 0.3 is 0 Å². The van der Waals surface area contributed by atoms with Gasteiger partial charge in [-0.05, 0) is 19.0 Å². The van der Waals surface area contributed by atoms with Crippen LogP contribution in [0.4, 0.5) is 11.4 Å². The first-order valence-electron chi connectivity index (χ1n) is 7.65. The van der Waals surface area contributed by atoms with E-state index >= 15 is 0 Å². The van der Waals surface area contributed by atoms with Gasteiger partial charge in [0.2, 0.25) is 5.91 Å². The van der Waals surface area contributed by atoms with Crippen LogP contribution in [0.5, 0.6) is 5.75 Å². The number of non-ortho nitro benzene ring substituents is 1. The van der Waals surface area contributed by atoms with Crippen LogP contribution in [-0.2, 0) is 9.59 Å². The fourth-order valence-electron chi connectivity index (χ4n) is 2.90. The number of anilines is 1. The lowest BCUT2D eigenvalue weighted by atomic mass is 10.2. The Bertz CT molecular complexity index is 686. The van der Waals surface area contributed by atoms with Crippen molar-refractivity contribution < 1.29 is 19.2 Å². The number of nitro benzene ring substituents is 1. The second-order valence-electron chi connectivity index (χ2n) is 5.83. The van der Waals surface area contributed by atoms with E-state index in [1.807, 2.05) is 0 Å². The van der Waals surface area contributed by atoms with Crippen LogP contribution in [0.25, 0.3) is 0 Å². The number of hydrogen-bond acceptors (Lipinski definition) is 6. The van der Waals surface area contributed by atoms with Crippen molar-refractivity contribution >= 4 is 23.2 Å². The third-order valence-corrected chi connectivity index (χ3v) is 4.37. The summed E-state index contributed by atoms with van der Waals surface area (Å²) in [5.74, 6) is -0.246. The third kappa shape index (κ3) is 3.02. The minimum Gasteiger partial charge on any atom is -0.482 e. The summed E-state index contributed by atoms with van der Waals surface area (Å²) in [5.41, 5.74) is 0.101. The molecular weight excluding hydrogens is 316 g/mol. The van der Waals surface area contributed by atoms with Crippen molar-refractivity contribution in [1.29, 1.82) is 0 Å². The van der Waals surface area contributed by atoms with Gasteiger partial charge < -0.3 is 15.0 Å². The smallest absolute Gasteiger partial charge is 0.271 e. The molecule has 1 atom stereocenters. The number of nitro groups is 1. The van der Waals surface area contributed by atoms with Crippen LogP contribution in [-0.4, -0.2) is 61.0 Å². The Kier molecular flexibility index (Phi) is 4.34. The van der Waals surface area contributed by atoms with Crippen LogP contribution < -0.4 is 15.0 Å². The lowest BCUT2D eigenvalue weighted by molar-refractivity contribution is -0.384. The highest BCUT2D eigenvalue weighted by atomic mass is 16.6. The van der Waals surface area contributed by atoms with Crippen LogP contribution in [0.15, 0.2) is 18.2 Å². The summed E-state index contributed by atoms with van der Waals surface area (Å²) in [4.78, 5) is 38.0. The zero-order valence-electron chi connectivity index (χ0n) is 13.2.